The molecule has 1 N–H and O–H groups in total. The molecular formula is C16H12N2O4. The van der Waals surface area contributed by atoms with E-state index in [4.69, 9.17) is 4.74 Å². The zero-order valence-electron chi connectivity index (χ0n) is 11.7. The third-order valence-corrected chi connectivity index (χ3v) is 3.39. The fourth-order valence-corrected chi connectivity index (χ4v) is 2.28. The van der Waals surface area contributed by atoms with Gasteiger partial charge in [0.25, 0.3) is 5.69 Å². The van der Waals surface area contributed by atoms with Crippen LogP contribution >= 0.6 is 0 Å². The number of hydrogen-bond acceptors (Lipinski definition) is 4. The number of nitro groups is 1. The van der Waals surface area contributed by atoms with E-state index < -0.39 is 4.92 Å². The van der Waals surface area contributed by atoms with E-state index in [0.29, 0.717) is 11.4 Å². The fourth-order valence-electron chi connectivity index (χ4n) is 2.28. The number of nitrogens with zero attached hydrogens (tertiary/aromatic N) is 1. The number of nitro benzene ring substituents is 1. The Bertz CT molecular complexity index is 883. The van der Waals surface area contributed by atoms with Crippen LogP contribution in [-0.4, -0.2) is 22.8 Å². The van der Waals surface area contributed by atoms with Gasteiger partial charge in [-0.3, -0.25) is 14.9 Å². The Morgan fingerprint density at radius 3 is 2.73 bits per heavy atom. The van der Waals surface area contributed by atoms with Crippen LogP contribution in [0.3, 0.4) is 0 Å². The summed E-state index contributed by atoms with van der Waals surface area (Å²) in [5.41, 5.74) is 1.34. The van der Waals surface area contributed by atoms with E-state index in [1.54, 1.807) is 25.3 Å². The third kappa shape index (κ3) is 2.42. The fraction of sp³-hybridized carbons (Fsp3) is 0.0625. The zero-order chi connectivity index (χ0) is 15.7. The Hall–Kier alpha value is -3.15. The predicted octanol–water partition coefficient (Wildman–Crippen LogP) is 3.32. The molecule has 0 amide bonds. The molecule has 6 nitrogen and oxygen atoms in total. The molecule has 2 aromatic carbocycles. The summed E-state index contributed by atoms with van der Waals surface area (Å²) in [5.74, 6) is 0.403. The highest BCUT2D eigenvalue weighted by atomic mass is 16.6. The minimum absolute atomic E-state index is 0.108. The number of ketones is 1. The van der Waals surface area contributed by atoms with Crippen molar-refractivity contribution in [1.82, 2.24) is 4.98 Å². The molecule has 0 saturated carbocycles. The van der Waals surface area contributed by atoms with Crippen molar-refractivity contribution in [3.8, 4) is 5.75 Å². The first kappa shape index (κ1) is 13.8. The largest absolute Gasteiger partial charge is 0.497 e. The molecule has 0 saturated heterocycles. The molecule has 1 aromatic heterocycles. The molecule has 0 radical (unpaired) electrons. The summed E-state index contributed by atoms with van der Waals surface area (Å²) in [6, 6.07) is 12.8. The van der Waals surface area contributed by atoms with Crippen LogP contribution in [0, 0.1) is 10.1 Å². The second-order valence-corrected chi connectivity index (χ2v) is 4.77. The maximum atomic E-state index is 12.5. The molecule has 3 aromatic rings. The van der Waals surface area contributed by atoms with Crippen molar-refractivity contribution < 1.29 is 14.5 Å². The molecule has 0 spiro atoms. The minimum atomic E-state index is -0.521. The van der Waals surface area contributed by atoms with Crippen molar-refractivity contribution in [3.63, 3.8) is 0 Å². The van der Waals surface area contributed by atoms with E-state index in [0.717, 1.165) is 10.9 Å². The molecule has 3 rings (SSSR count). The van der Waals surface area contributed by atoms with Gasteiger partial charge in [0, 0.05) is 28.6 Å². The van der Waals surface area contributed by atoms with Crippen LogP contribution in [0.25, 0.3) is 10.9 Å². The van der Waals surface area contributed by atoms with Crippen LogP contribution in [0.15, 0.2) is 48.5 Å². The lowest BCUT2D eigenvalue weighted by atomic mass is 10.1. The van der Waals surface area contributed by atoms with Gasteiger partial charge in [-0.2, -0.15) is 0 Å². The molecule has 110 valence electrons. The van der Waals surface area contributed by atoms with Gasteiger partial charge in [-0.25, -0.2) is 0 Å². The summed E-state index contributed by atoms with van der Waals surface area (Å²) >= 11 is 0. The minimum Gasteiger partial charge on any atom is -0.497 e. The van der Waals surface area contributed by atoms with E-state index in [9.17, 15) is 14.9 Å². The SMILES string of the molecule is COc1ccc2[nH]c(C(=O)c3cccc([N+](=O)[O-])c3)cc2c1. The lowest BCUT2D eigenvalue weighted by Crippen LogP contribution is -2.02. The zero-order valence-corrected chi connectivity index (χ0v) is 11.7. The van der Waals surface area contributed by atoms with Crippen LogP contribution < -0.4 is 4.74 Å². The van der Waals surface area contributed by atoms with Crippen LogP contribution in [0.4, 0.5) is 5.69 Å². The summed E-state index contributed by atoms with van der Waals surface area (Å²) in [7, 11) is 1.57. The number of fused-ring (bicyclic) bond motifs is 1. The molecule has 0 unspecified atom stereocenters. The summed E-state index contributed by atoms with van der Waals surface area (Å²) in [4.78, 5) is 25.8. The number of carbonyl (C=O) groups is 1. The second kappa shape index (κ2) is 5.33. The average Bonchev–Trinajstić information content (AvgIpc) is 2.97. The van der Waals surface area contributed by atoms with Crippen molar-refractivity contribution in [2.24, 2.45) is 0 Å². The number of benzene rings is 2. The van der Waals surface area contributed by atoms with Gasteiger partial charge in [0.15, 0.2) is 0 Å². The standard InChI is InChI=1S/C16H12N2O4/c1-22-13-5-6-14-11(8-13)9-15(17-14)16(19)10-3-2-4-12(7-10)18(20)21/h2-9,17H,1H3. The lowest BCUT2D eigenvalue weighted by molar-refractivity contribution is -0.384. The van der Waals surface area contributed by atoms with Crippen molar-refractivity contribution in [1.29, 1.82) is 0 Å². The molecule has 0 fully saturated rings. The third-order valence-electron chi connectivity index (χ3n) is 3.39. The first-order valence-electron chi connectivity index (χ1n) is 6.54. The Morgan fingerprint density at radius 2 is 2.00 bits per heavy atom. The van der Waals surface area contributed by atoms with Gasteiger partial charge in [0.05, 0.1) is 17.7 Å². The van der Waals surface area contributed by atoms with E-state index in [-0.39, 0.29) is 17.0 Å². The van der Waals surface area contributed by atoms with Gasteiger partial charge in [-0.1, -0.05) is 12.1 Å². The first-order chi connectivity index (χ1) is 10.6. The maximum absolute atomic E-state index is 12.5. The normalized spacial score (nSPS) is 10.6. The molecule has 0 aliphatic heterocycles. The number of hydrogen-bond donors (Lipinski definition) is 1. The van der Waals surface area contributed by atoms with Crippen molar-refractivity contribution in [2.75, 3.05) is 7.11 Å². The lowest BCUT2D eigenvalue weighted by Gasteiger charge is -1.98. The molecule has 0 atom stereocenters. The number of aromatic amines is 1. The highest BCUT2D eigenvalue weighted by Crippen LogP contribution is 2.23. The molecule has 22 heavy (non-hydrogen) atoms. The quantitative estimate of drug-likeness (QED) is 0.454. The Balaban J connectivity index is 2.01. The maximum Gasteiger partial charge on any atom is 0.270 e. The summed E-state index contributed by atoms with van der Waals surface area (Å²) < 4.78 is 5.14. The Morgan fingerprint density at radius 1 is 1.18 bits per heavy atom. The van der Waals surface area contributed by atoms with Gasteiger partial charge < -0.3 is 9.72 Å². The van der Waals surface area contributed by atoms with Gasteiger partial charge in [-0.15, -0.1) is 0 Å². The number of nitrogens with one attached hydrogen (secondary N) is 1. The number of non-ortho nitro benzene ring substituents is 1. The number of methoxy groups -OCH3 is 1. The van der Waals surface area contributed by atoms with Crippen molar-refractivity contribution in [3.05, 3.63) is 69.9 Å². The van der Waals surface area contributed by atoms with E-state index in [1.807, 2.05) is 12.1 Å². The Labute approximate surface area is 125 Å². The summed E-state index contributed by atoms with van der Waals surface area (Å²) in [5, 5.41) is 11.6. The van der Waals surface area contributed by atoms with E-state index in [1.165, 1.54) is 18.2 Å². The van der Waals surface area contributed by atoms with Crippen molar-refractivity contribution >= 4 is 22.4 Å². The second-order valence-electron chi connectivity index (χ2n) is 4.77. The monoisotopic (exact) mass is 296 g/mol. The molecule has 0 aliphatic rings. The van der Waals surface area contributed by atoms with Gasteiger partial charge in [0.2, 0.25) is 5.78 Å². The number of aromatic nitrogens is 1. The van der Waals surface area contributed by atoms with Crippen LogP contribution in [0.2, 0.25) is 0 Å². The van der Waals surface area contributed by atoms with Gasteiger partial charge >= 0.3 is 0 Å². The average molecular weight is 296 g/mol. The first-order valence-corrected chi connectivity index (χ1v) is 6.54. The topological polar surface area (TPSA) is 85.2 Å². The van der Waals surface area contributed by atoms with Crippen LogP contribution in [-0.2, 0) is 0 Å². The van der Waals surface area contributed by atoms with Gasteiger partial charge in [0.1, 0.15) is 5.75 Å². The molecule has 0 bridgehead atoms. The van der Waals surface area contributed by atoms with Crippen LogP contribution in [0.5, 0.6) is 5.75 Å². The smallest absolute Gasteiger partial charge is 0.270 e. The van der Waals surface area contributed by atoms with E-state index in [2.05, 4.69) is 4.98 Å². The molecule has 0 aliphatic carbocycles. The number of carbonyl (C=O) groups excluding carboxylic acids is 1. The molecule has 1 heterocycles. The molecular weight excluding hydrogens is 284 g/mol. The highest BCUT2D eigenvalue weighted by molar-refractivity contribution is 6.10. The highest BCUT2D eigenvalue weighted by Gasteiger charge is 2.15. The predicted molar refractivity (Wildman–Crippen MR) is 81.4 cm³/mol. The summed E-state index contributed by atoms with van der Waals surface area (Å²) in [6.45, 7) is 0. The van der Waals surface area contributed by atoms with E-state index >= 15 is 0 Å². The number of H-pyrrole nitrogens is 1. The Kier molecular flexibility index (Phi) is 3.34. The van der Waals surface area contributed by atoms with Crippen molar-refractivity contribution in [2.45, 2.75) is 0 Å². The van der Waals surface area contributed by atoms with Gasteiger partial charge in [-0.05, 0) is 24.3 Å². The number of ether oxygens (including phenoxy) is 1. The molecule has 6 heteroatoms. The van der Waals surface area contributed by atoms with Crippen LogP contribution in [0.1, 0.15) is 16.1 Å². The summed E-state index contributed by atoms with van der Waals surface area (Å²) in [6.07, 6.45) is 0. The number of rotatable bonds is 4.